The van der Waals surface area contributed by atoms with Gasteiger partial charge in [0.15, 0.2) is 0 Å². The zero-order chi connectivity index (χ0) is 10.1. The molecule has 14 heavy (non-hydrogen) atoms. The van der Waals surface area contributed by atoms with E-state index in [0.717, 1.165) is 17.0 Å². The van der Waals surface area contributed by atoms with Gasteiger partial charge in [-0.25, -0.2) is 0 Å². The standard InChI is InChI=1S/C12H13NS/c1-3-11-8(2)13-7-9-6-10(14)4-5-12(9)11/h4-7,14H,3H2,1-2H3. The molecule has 0 bridgehead atoms. The average molecular weight is 203 g/mol. The first-order valence-corrected chi connectivity index (χ1v) is 5.24. The van der Waals surface area contributed by atoms with E-state index < -0.39 is 0 Å². The van der Waals surface area contributed by atoms with E-state index in [0.29, 0.717) is 0 Å². The molecule has 0 amide bonds. The Kier molecular flexibility index (Phi) is 2.46. The molecule has 1 heterocycles. The normalized spacial score (nSPS) is 10.8. The van der Waals surface area contributed by atoms with Gasteiger partial charge in [-0.1, -0.05) is 13.0 Å². The highest BCUT2D eigenvalue weighted by Crippen LogP contribution is 2.23. The van der Waals surface area contributed by atoms with Crippen molar-refractivity contribution in [2.45, 2.75) is 25.2 Å². The summed E-state index contributed by atoms with van der Waals surface area (Å²) in [4.78, 5) is 5.38. The molecule has 0 aliphatic carbocycles. The summed E-state index contributed by atoms with van der Waals surface area (Å²) in [6.45, 7) is 4.23. The third kappa shape index (κ3) is 1.50. The summed E-state index contributed by atoms with van der Waals surface area (Å²) in [5, 5.41) is 2.48. The van der Waals surface area contributed by atoms with Crippen molar-refractivity contribution in [1.82, 2.24) is 4.98 Å². The molecule has 0 unspecified atom stereocenters. The first-order chi connectivity index (χ1) is 6.72. The minimum atomic E-state index is 0.991. The number of rotatable bonds is 1. The Morgan fingerprint density at radius 2 is 2.14 bits per heavy atom. The molecular weight excluding hydrogens is 190 g/mol. The molecule has 1 aromatic heterocycles. The van der Waals surface area contributed by atoms with Crippen LogP contribution in [0.2, 0.25) is 0 Å². The Bertz CT molecular complexity index is 477. The quantitative estimate of drug-likeness (QED) is 0.701. The van der Waals surface area contributed by atoms with Crippen LogP contribution in [-0.2, 0) is 6.42 Å². The van der Waals surface area contributed by atoms with Crippen molar-refractivity contribution in [3.8, 4) is 0 Å². The van der Waals surface area contributed by atoms with Crippen LogP contribution in [0.3, 0.4) is 0 Å². The third-order valence-electron chi connectivity index (χ3n) is 2.55. The van der Waals surface area contributed by atoms with Crippen LogP contribution in [0.25, 0.3) is 10.8 Å². The van der Waals surface area contributed by atoms with Crippen LogP contribution >= 0.6 is 12.6 Å². The molecule has 0 aliphatic rings. The lowest BCUT2D eigenvalue weighted by molar-refractivity contribution is 1.07. The van der Waals surface area contributed by atoms with E-state index in [-0.39, 0.29) is 0 Å². The maximum absolute atomic E-state index is 4.39. The molecule has 1 aromatic carbocycles. The number of nitrogens with zero attached hydrogens (tertiary/aromatic N) is 1. The fourth-order valence-electron chi connectivity index (χ4n) is 1.82. The second kappa shape index (κ2) is 3.62. The highest BCUT2D eigenvalue weighted by atomic mass is 32.1. The molecule has 0 fully saturated rings. The van der Waals surface area contributed by atoms with Crippen molar-refractivity contribution in [3.05, 3.63) is 35.7 Å². The molecule has 2 aromatic rings. The number of aryl methyl sites for hydroxylation is 2. The van der Waals surface area contributed by atoms with Gasteiger partial charge in [-0.15, -0.1) is 12.6 Å². The zero-order valence-corrected chi connectivity index (χ0v) is 9.31. The minimum absolute atomic E-state index is 0.991. The fraction of sp³-hybridized carbons (Fsp3) is 0.250. The minimum Gasteiger partial charge on any atom is -0.261 e. The SMILES string of the molecule is CCc1c(C)ncc2cc(S)ccc12. The van der Waals surface area contributed by atoms with E-state index in [9.17, 15) is 0 Å². The Balaban J connectivity index is 2.82. The van der Waals surface area contributed by atoms with Gasteiger partial charge in [0.05, 0.1) is 0 Å². The molecule has 0 saturated carbocycles. The van der Waals surface area contributed by atoms with Crippen molar-refractivity contribution in [1.29, 1.82) is 0 Å². The Morgan fingerprint density at radius 1 is 1.36 bits per heavy atom. The lowest BCUT2D eigenvalue weighted by atomic mass is 10.0. The van der Waals surface area contributed by atoms with Crippen molar-refractivity contribution in [3.63, 3.8) is 0 Å². The van der Waals surface area contributed by atoms with Crippen LogP contribution in [0, 0.1) is 6.92 Å². The van der Waals surface area contributed by atoms with Crippen molar-refractivity contribution >= 4 is 23.4 Å². The van der Waals surface area contributed by atoms with Gasteiger partial charge >= 0.3 is 0 Å². The van der Waals surface area contributed by atoms with E-state index in [4.69, 9.17) is 0 Å². The van der Waals surface area contributed by atoms with Crippen LogP contribution in [0.15, 0.2) is 29.3 Å². The van der Waals surface area contributed by atoms with Gasteiger partial charge in [-0.3, -0.25) is 4.98 Å². The van der Waals surface area contributed by atoms with E-state index in [2.05, 4.69) is 43.6 Å². The van der Waals surface area contributed by atoms with Gasteiger partial charge in [0.1, 0.15) is 0 Å². The predicted octanol–water partition coefficient (Wildman–Crippen LogP) is 3.39. The van der Waals surface area contributed by atoms with Gasteiger partial charge in [0, 0.05) is 22.2 Å². The molecule has 0 saturated heterocycles. The van der Waals surface area contributed by atoms with Gasteiger partial charge < -0.3 is 0 Å². The summed E-state index contributed by atoms with van der Waals surface area (Å²) < 4.78 is 0. The third-order valence-corrected chi connectivity index (χ3v) is 2.83. The number of fused-ring (bicyclic) bond motifs is 1. The highest BCUT2D eigenvalue weighted by molar-refractivity contribution is 7.80. The van der Waals surface area contributed by atoms with E-state index in [1.54, 1.807) is 0 Å². The molecule has 0 aliphatic heterocycles. The molecule has 0 radical (unpaired) electrons. The molecular formula is C12H13NS. The molecule has 1 nitrogen and oxygen atoms in total. The molecule has 0 N–H and O–H groups in total. The average Bonchev–Trinajstić information content (AvgIpc) is 2.18. The second-order valence-electron chi connectivity index (χ2n) is 3.45. The number of thiol groups is 1. The lowest BCUT2D eigenvalue weighted by Crippen LogP contribution is -1.92. The Labute approximate surface area is 89.6 Å². The van der Waals surface area contributed by atoms with Crippen LogP contribution in [0.1, 0.15) is 18.2 Å². The topological polar surface area (TPSA) is 12.9 Å². The second-order valence-corrected chi connectivity index (χ2v) is 3.96. The fourth-order valence-corrected chi connectivity index (χ4v) is 2.03. The number of pyridine rings is 1. The molecule has 0 atom stereocenters. The number of aromatic nitrogens is 1. The van der Waals surface area contributed by atoms with E-state index in [1.807, 2.05) is 12.3 Å². The summed E-state index contributed by atoms with van der Waals surface area (Å²) >= 11 is 4.32. The van der Waals surface area contributed by atoms with Gasteiger partial charge in [-0.2, -0.15) is 0 Å². The van der Waals surface area contributed by atoms with Crippen molar-refractivity contribution in [2.75, 3.05) is 0 Å². The van der Waals surface area contributed by atoms with Crippen molar-refractivity contribution in [2.24, 2.45) is 0 Å². The number of benzene rings is 1. The number of hydrogen-bond donors (Lipinski definition) is 1. The van der Waals surface area contributed by atoms with Crippen LogP contribution < -0.4 is 0 Å². The largest absolute Gasteiger partial charge is 0.261 e. The molecule has 2 rings (SSSR count). The van der Waals surface area contributed by atoms with Gasteiger partial charge in [0.2, 0.25) is 0 Å². The van der Waals surface area contributed by atoms with Crippen LogP contribution in [0.5, 0.6) is 0 Å². The summed E-state index contributed by atoms with van der Waals surface area (Å²) in [6, 6.07) is 6.22. The molecule has 72 valence electrons. The van der Waals surface area contributed by atoms with Crippen LogP contribution in [0.4, 0.5) is 0 Å². The Morgan fingerprint density at radius 3 is 2.86 bits per heavy atom. The first-order valence-electron chi connectivity index (χ1n) is 4.79. The highest BCUT2D eigenvalue weighted by Gasteiger charge is 2.03. The maximum Gasteiger partial charge on any atom is 0.0410 e. The monoisotopic (exact) mass is 203 g/mol. The Hall–Kier alpha value is -1.02. The molecule has 2 heteroatoms. The van der Waals surface area contributed by atoms with E-state index in [1.165, 1.54) is 16.3 Å². The summed E-state index contributed by atoms with van der Waals surface area (Å²) in [5.74, 6) is 0. The van der Waals surface area contributed by atoms with E-state index >= 15 is 0 Å². The first kappa shape index (κ1) is 9.53. The van der Waals surface area contributed by atoms with Crippen molar-refractivity contribution < 1.29 is 0 Å². The van der Waals surface area contributed by atoms with Gasteiger partial charge in [-0.05, 0) is 36.4 Å². The zero-order valence-electron chi connectivity index (χ0n) is 8.41. The lowest BCUT2D eigenvalue weighted by Gasteiger charge is -2.07. The molecule has 0 spiro atoms. The summed E-state index contributed by atoms with van der Waals surface area (Å²) in [6.07, 6.45) is 2.95. The number of hydrogen-bond acceptors (Lipinski definition) is 2. The summed E-state index contributed by atoms with van der Waals surface area (Å²) in [7, 11) is 0. The predicted molar refractivity (Wildman–Crippen MR) is 63.1 cm³/mol. The summed E-state index contributed by atoms with van der Waals surface area (Å²) in [5.41, 5.74) is 2.47. The van der Waals surface area contributed by atoms with Crippen LogP contribution in [-0.4, -0.2) is 4.98 Å². The maximum atomic E-state index is 4.39. The smallest absolute Gasteiger partial charge is 0.0410 e. The van der Waals surface area contributed by atoms with Gasteiger partial charge in [0.25, 0.3) is 0 Å².